The van der Waals surface area contributed by atoms with Gasteiger partial charge < -0.3 is 67.4 Å². The van der Waals surface area contributed by atoms with Gasteiger partial charge in [0.15, 0.2) is 0 Å². The lowest BCUT2D eigenvalue weighted by atomic mass is 9.73. The maximum Gasteiger partial charge on any atom is 0.397 e. The minimum Gasteiger partial charge on any atom is -0.387 e. The van der Waals surface area contributed by atoms with Crippen molar-refractivity contribution in [2.45, 2.75) is 281 Å². The van der Waals surface area contributed by atoms with Crippen LogP contribution >= 0.6 is 0 Å². The molecule has 0 aromatic heterocycles. The Hall–Kier alpha value is -1.86. The van der Waals surface area contributed by atoms with E-state index in [-0.39, 0.29) is 61.5 Å². The standard InChI is InChI=1S/C55H82O22S2/c1-10-30(56)27(2)11-14-51(5,58)50-29(4)19-39-38(72-50)25-46-55(9,75-39)49(57)48-42(71-46)23-41-47(73-48)28(3)12-15-53(7)44(70-41)26-43-54(8,77-53)16-13-31-32(69-43)20-34-33(66-31)21-35-36(67-34)22-40-37(68-35)24-45(76-79(62,63)64)52(6,74-40)17-18-65-78(59,60)61/h10-11,14,28,30-50,56-58H,1-2,4,12-13,15-26H2,3,5-9H3,(H,59,60,61)(H,62,63,64). The molecule has 0 radical (unpaired) electrons. The van der Waals surface area contributed by atoms with Gasteiger partial charge in [-0.3, -0.25) is 9.11 Å². The molecule has 11 rings (SSSR count). The highest BCUT2D eigenvalue weighted by Crippen LogP contribution is 2.54. The van der Waals surface area contributed by atoms with Crippen molar-refractivity contribution in [3.05, 3.63) is 49.1 Å². The number of hydrogen-bond acceptors (Lipinski definition) is 20. The molecule has 22 nitrogen and oxygen atoms in total. The molecule has 27 unspecified atom stereocenters. The van der Waals surface area contributed by atoms with E-state index in [0.29, 0.717) is 75.4 Å². The van der Waals surface area contributed by atoms with Crippen LogP contribution in [0.2, 0.25) is 0 Å². The molecule has 24 heteroatoms. The summed E-state index contributed by atoms with van der Waals surface area (Å²) in [6.07, 6.45) is -1.23. The van der Waals surface area contributed by atoms with Gasteiger partial charge >= 0.3 is 20.8 Å². The average molecular weight is 1160 g/mol. The molecule has 79 heavy (non-hydrogen) atoms. The second-order valence-electron chi connectivity index (χ2n) is 25.6. The summed E-state index contributed by atoms with van der Waals surface area (Å²) in [5.74, 6) is 0.0510. The summed E-state index contributed by atoms with van der Waals surface area (Å²) in [4.78, 5) is 0. The van der Waals surface area contributed by atoms with Gasteiger partial charge in [0, 0.05) is 51.4 Å². The highest BCUT2D eigenvalue weighted by atomic mass is 32.3. The fraction of sp³-hybridized carbons (Fsp3) is 0.855. The van der Waals surface area contributed by atoms with Crippen LogP contribution in [-0.2, 0) is 81.3 Å². The summed E-state index contributed by atoms with van der Waals surface area (Å²) >= 11 is 0. The average Bonchev–Trinajstić information content (AvgIpc) is 3.52. The predicted octanol–water partition coefficient (Wildman–Crippen LogP) is 4.03. The molecular formula is C55H82O22S2. The van der Waals surface area contributed by atoms with Crippen LogP contribution in [0.3, 0.4) is 0 Å². The quantitative estimate of drug-likeness (QED) is 0.111. The molecular weight excluding hydrogens is 1080 g/mol. The van der Waals surface area contributed by atoms with E-state index in [1.165, 1.54) is 13.0 Å². The Morgan fingerprint density at radius 2 is 1.27 bits per heavy atom. The Morgan fingerprint density at radius 1 is 0.709 bits per heavy atom. The number of aliphatic hydroxyl groups excluding tert-OH is 2. The zero-order valence-corrected chi connectivity index (χ0v) is 47.6. The lowest BCUT2D eigenvalue weighted by Gasteiger charge is -2.61. The van der Waals surface area contributed by atoms with Crippen LogP contribution in [0.1, 0.15) is 125 Å². The molecule has 0 aromatic carbocycles. The summed E-state index contributed by atoms with van der Waals surface area (Å²) in [6.45, 7) is 22.7. The zero-order valence-electron chi connectivity index (χ0n) is 45.9. The highest BCUT2D eigenvalue weighted by molar-refractivity contribution is 7.81. The van der Waals surface area contributed by atoms with Gasteiger partial charge in [-0.05, 0) is 83.8 Å². The van der Waals surface area contributed by atoms with Crippen molar-refractivity contribution in [2.24, 2.45) is 5.92 Å². The molecule has 0 saturated carbocycles. The summed E-state index contributed by atoms with van der Waals surface area (Å²) in [5.41, 5.74) is -4.40. The molecule has 11 aliphatic heterocycles. The molecule has 0 bridgehead atoms. The van der Waals surface area contributed by atoms with Crippen molar-refractivity contribution in [3.8, 4) is 0 Å². The fourth-order valence-corrected chi connectivity index (χ4v) is 16.1. The van der Waals surface area contributed by atoms with Crippen molar-refractivity contribution < 1.29 is 102 Å². The SMILES string of the molecule is C=CC(O)C(=C)C=CC(C)(O)C1OC2CC3OC4CC5OC6CC7OC8CC9OC%10CC%11OC(C)(CCOS(=O)(=O)O)C(OS(=O)(=O)O)CC%11OC%10CC9OC8CCC7(C)OC6(C)CCC(C)C5OC4C(O)C3(C)OC2CC1=C. The van der Waals surface area contributed by atoms with E-state index < -0.39 is 141 Å². The largest absolute Gasteiger partial charge is 0.397 e. The third-order valence-corrected chi connectivity index (χ3v) is 20.7. The monoisotopic (exact) mass is 1160 g/mol. The molecule has 11 saturated heterocycles. The van der Waals surface area contributed by atoms with E-state index in [2.05, 4.69) is 44.7 Å². The summed E-state index contributed by atoms with van der Waals surface area (Å²) in [5, 5.41) is 34.1. The third-order valence-electron chi connectivity index (χ3n) is 19.8. The molecule has 5 N–H and O–H groups in total. The van der Waals surface area contributed by atoms with Crippen LogP contribution in [0.5, 0.6) is 0 Å². The first-order chi connectivity index (χ1) is 36.9. The Bertz CT molecular complexity index is 2580. The molecule has 11 heterocycles. The smallest absolute Gasteiger partial charge is 0.387 e. The first-order valence-electron chi connectivity index (χ1n) is 28.3. The normalized spacial score (nSPS) is 50.9. The second-order valence-corrected chi connectivity index (χ2v) is 27.8. The van der Waals surface area contributed by atoms with Crippen LogP contribution in [0.25, 0.3) is 0 Å². The van der Waals surface area contributed by atoms with Crippen molar-refractivity contribution in [1.29, 1.82) is 0 Å². The molecule has 11 fully saturated rings. The Balaban J connectivity index is 0.748. The van der Waals surface area contributed by atoms with E-state index in [9.17, 15) is 36.7 Å². The second kappa shape index (κ2) is 21.3. The van der Waals surface area contributed by atoms with Gasteiger partial charge in [-0.15, -0.1) is 6.58 Å². The molecule has 27 atom stereocenters. The van der Waals surface area contributed by atoms with E-state index in [1.807, 2.05) is 6.92 Å². The fourth-order valence-electron chi connectivity index (χ4n) is 15.3. The maximum atomic E-state index is 12.3. The van der Waals surface area contributed by atoms with Crippen molar-refractivity contribution in [1.82, 2.24) is 0 Å². The van der Waals surface area contributed by atoms with Gasteiger partial charge in [0.05, 0.1) is 127 Å². The van der Waals surface area contributed by atoms with Crippen molar-refractivity contribution in [2.75, 3.05) is 6.61 Å². The van der Waals surface area contributed by atoms with Crippen LogP contribution in [0, 0.1) is 5.92 Å². The summed E-state index contributed by atoms with van der Waals surface area (Å²) < 4.78 is 151. The number of fused-ring (bicyclic) bond motifs is 10. The van der Waals surface area contributed by atoms with E-state index in [0.717, 1.165) is 6.42 Å². The summed E-state index contributed by atoms with van der Waals surface area (Å²) in [6, 6.07) is 0. The third kappa shape index (κ3) is 11.5. The Labute approximate surface area is 463 Å². The topological polar surface area (TPSA) is 289 Å². The van der Waals surface area contributed by atoms with Gasteiger partial charge in [-0.1, -0.05) is 38.3 Å². The van der Waals surface area contributed by atoms with Gasteiger partial charge in [0.25, 0.3) is 0 Å². The highest BCUT2D eigenvalue weighted by Gasteiger charge is 2.65. The number of aliphatic hydroxyl groups is 3. The minimum atomic E-state index is -4.95. The van der Waals surface area contributed by atoms with E-state index in [4.69, 9.17) is 60.8 Å². The van der Waals surface area contributed by atoms with Crippen LogP contribution in [0.4, 0.5) is 0 Å². The Morgan fingerprint density at radius 3 is 1.91 bits per heavy atom. The zero-order chi connectivity index (χ0) is 56.6. The molecule has 0 aromatic rings. The molecule has 446 valence electrons. The number of hydrogen-bond donors (Lipinski definition) is 5. The Kier molecular flexibility index (Phi) is 15.9. The van der Waals surface area contributed by atoms with Gasteiger partial charge in [0.2, 0.25) is 0 Å². The van der Waals surface area contributed by atoms with Gasteiger partial charge in [0.1, 0.15) is 35.6 Å². The first-order valence-corrected chi connectivity index (χ1v) is 31.0. The van der Waals surface area contributed by atoms with E-state index >= 15 is 0 Å². The predicted molar refractivity (Wildman–Crippen MR) is 277 cm³/mol. The van der Waals surface area contributed by atoms with Gasteiger partial charge in [-0.2, -0.15) is 16.8 Å². The molecule has 0 amide bonds. The maximum absolute atomic E-state index is 12.3. The van der Waals surface area contributed by atoms with Crippen molar-refractivity contribution in [3.63, 3.8) is 0 Å². The molecule has 0 spiro atoms. The van der Waals surface area contributed by atoms with Crippen molar-refractivity contribution >= 4 is 20.8 Å². The lowest BCUT2D eigenvalue weighted by molar-refractivity contribution is -0.369. The van der Waals surface area contributed by atoms with Crippen LogP contribution in [0.15, 0.2) is 49.1 Å². The van der Waals surface area contributed by atoms with Crippen LogP contribution in [-0.4, -0.2) is 204 Å². The number of ether oxygens (including phenoxy) is 11. The molecule has 11 aliphatic rings. The lowest BCUT2D eigenvalue weighted by Crippen LogP contribution is -2.74. The summed E-state index contributed by atoms with van der Waals surface area (Å²) in [7, 11) is -9.75. The van der Waals surface area contributed by atoms with Gasteiger partial charge in [-0.25, -0.2) is 8.37 Å². The number of rotatable bonds is 11. The van der Waals surface area contributed by atoms with E-state index in [1.54, 1.807) is 19.1 Å². The van der Waals surface area contributed by atoms with Crippen LogP contribution < -0.4 is 0 Å². The minimum absolute atomic E-state index is 0.00274. The molecule has 0 aliphatic carbocycles. The first kappa shape index (κ1) is 58.9.